The van der Waals surface area contributed by atoms with Crippen molar-refractivity contribution < 1.29 is 125 Å². The summed E-state index contributed by atoms with van der Waals surface area (Å²) in [6, 6.07) is 35.5. The van der Waals surface area contributed by atoms with Gasteiger partial charge in [-0.15, -0.1) is 0 Å². The normalized spacial score (nSPS) is 23.9. The number of benzene rings is 5. The van der Waals surface area contributed by atoms with Crippen molar-refractivity contribution >= 4 is 63.4 Å². The molecule has 778 valence electrons. The monoisotopic (exact) mass is 2050 g/mol. The quantitative estimate of drug-likeness (QED) is 0.0245. The number of hydrogen-bond acceptors (Lipinski definition) is 27. The number of aromatic nitrogens is 7. The molecule has 3 N–H and O–H groups in total. The molecule has 32 nitrogen and oxygen atoms in total. The van der Waals surface area contributed by atoms with Gasteiger partial charge in [0.1, 0.15) is 136 Å². The topological polar surface area (TPSA) is 354 Å². The van der Waals surface area contributed by atoms with Crippen LogP contribution in [0.1, 0.15) is 163 Å². The number of carboxylic acid groups (broad SMARTS) is 1. The lowest BCUT2D eigenvalue weighted by Crippen LogP contribution is -2.25. The summed E-state index contributed by atoms with van der Waals surface area (Å²) >= 11 is 0. The number of nitrogen functional groups attached to an aromatic ring is 1. The number of ether oxygens (including phenoxy) is 11. The molecule has 0 radical (unpaired) electrons. The minimum absolute atomic E-state index is 0.0143. The van der Waals surface area contributed by atoms with E-state index in [9.17, 15) is 83.2 Å². The number of anilines is 5. The number of hydrogen-bond donors (Lipinski definition) is 2. The molecule has 9 aliphatic heterocycles. The number of nitrogens with two attached hydrogens (primary N) is 1. The number of halogens is 11. The summed E-state index contributed by atoms with van der Waals surface area (Å²) in [5.41, 5.74) is 12.8. The highest BCUT2D eigenvalue weighted by molar-refractivity contribution is 5.89. The predicted molar refractivity (Wildman–Crippen MR) is 515 cm³/mol. The van der Waals surface area contributed by atoms with E-state index in [-0.39, 0.29) is 136 Å². The molecule has 12 aromatic rings. The second kappa shape index (κ2) is 47.9. The highest BCUT2D eigenvalue weighted by Gasteiger charge is 2.43. The largest absolute Gasteiger partial charge is 0.488 e. The van der Waals surface area contributed by atoms with Crippen LogP contribution < -0.4 is 49.0 Å². The summed E-state index contributed by atoms with van der Waals surface area (Å²) in [5.74, 6) is -1.44. The molecule has 43 heteroatoms. The van der Waals surface area contributed by atoms with Crippen LogP contribution in [0.3, 0.4) is 0 Å². The van der Waals surface area contributed by atoms with Gasteiger partial charge in [-0.3, -0.25) is 8.80 Å². The zero-order valence-corrected chi connectivity index (χ0v) is 79.7. The van der Waals surface area contributed by atoms with Gasteiger partial charge in [0.2, 0.25) is 0 Å². The van der Waals surface area contributed by atoms with Gasteiger partial charge in [0.25, 0.3) is 0 Å². The maximum atomic E-state index is 14.7. The summed E-state index contributed by atoms with van der Waals surface area (Å²) in [4.78, 5) is 70.1. The smallest absolute Gasteiger partial charge is 0.363 e. The number of carbonyl (C=O) groups is 2. The summed E-state index contributed by atoms with van der Waals surface area (Å²) in [5, 5.41) is 30.2. The van der Waals surface area contributed by atoms with E-state index in [4.69, 9.17) is 57.8 Å². The second-order valence-corrected chi connectivity index (χ2v) is 36.7. The number of alkyl halides is 5. The third-order valence-corrected chi connectivity index (χ3v) is 26.6. The van der Waals surface area contributed by atoms with Gasteiger partial charge in [-0.1, -0.05) is 0 Å². The van der Waals surface area contributed by atoms with Crippen LogP contribution in [0.15, 0.2) is 195 Å². The van der Waals surface area contributed by atoms with Crippen molar-refractivity contribution in [2.75, 3.05) is 124 Å². The molecule has 22 rings (SSSR count). The van der Waals surface area contributed by atoms with Gasteiger partial charge >= 0.3 is 23.6 Å². The maximum Gasteiger partial charge on any atom is 0.363 e. The van der Waals surface area contributed by atoms with Crippen LogP contribution in [0, 0.1) is 55.1 Å². The molecule has 10 aliphatic rings. The Morgan fingerprint density at radius 1 is 0.381 bits per heavy atom. The zero-order chi connectivity index (χ0) is 103. The first-order valence-electron chi connectivity index (χ1n) is 48.4. The van der Waals surface area contributed by atoms with Gasteiger partial charge in [-0.25, -0.2) is 72.8 Å². The molecular formula is C104H107F11N14O18. The van der Waals surface area contributed by atoms with E-state index in [0.29, 0.717) is 164 Å². The van der Waals surface area contributed by atoms with Crippen molar-refractivity contribution in [1.82, 2.24) is 33.7 Å². The Morgan fingerprint density at radius 3 is 1.02 bits per heavy atom. The molecular weight excluding hydrogens is 1940 g/mol. The van der Waals surface area contributed by atoms with E-state index in [0.717, 1.165) is 68.1 Å². The van der Waals surface area contributed by atoms with Gasteiger partial charge in [0.05, 0.1) is 145 Å². The highest BCUT2D eigenvalue weighted by Crippen LogP contribution is 2.49. The Bertz CT molecular complexity index is 6530. The van der Waals surface area contributed by atoms with Crippen LogP contribution in [0.5, 0.6) is 28.7 Å². The minimum atomic E-state index is -1.12. The van der Waals surface area contributed by atoms with Crippen molar-refractivity contribution in [2.45, 2.75) is 175 Å². The fourth-order valence-electron chi connectivity index (χ4n) is 19.6. The number of nitrogens with zero attached hydrogens (tertiary/aromatic N) is 13. The average Bonchev–Trinajstić information content (AvgIpc) is 1.64. The number of rotatable bonds is 24. The molecule has 147 heavy (non-hydrogen) atoms. The third kappa shape index (κ3) is 26.0. The molecule has 9 saturated heterocycles. The Balaban J connectivity index is 0.000000123. The van der Waals surface area contributed by atoms with Crippen molar-refractivity contribution in [3.8, 4) is 28.7 Å². The summed E-state index contributed by atoms with van der Waals surface area (Å²) in [7, 11) is 0. The molecule has 5 aromatic carbocycles. The van der Waals surface area contributed by atoms with Crippen LogP contribution in [0.25, 0.3) is 11.3 Å². The van der Waals surface area contributed by atoms with Gasteiger partial charge in [-0.05, 0) is 191 Å². The van der Waals surface area contributed by atoms with Crippen LogP contribution in [-0.2, 0) is 28.4 Å². The van der Waals surface area contributed by atoms with E-state index in [1.807, 2.05) is 20.8 Å². The van der Waals surface area contributed by atoms with Crippen molar-refractivity contribution in [3.05, 3.63) is 289 Å². The Labute approximate surface area is 836 Å². The Morgan fingerprint density at radius 2 is 0.707 bits per heavy atom. The van der Waals surface area contributed by atoms with E-state index in [1.54, 1.807) is 95.5 Å². The van der Waals surface area contributed by atoms with Gasteiger partial charge in [-0.2, -0.15) is 0 Å². The molecule has 1 aliphatic carbocycles. The number of esters is 1. The lowest BCUT2D eigenvalue weighted by atomic mass is 9.96. The van der Waals surface area contributed by atoms with Crippen molar-refractivity contribution in [1.29, 1.82) is 0 Å². The first-order chi connectivity index (χ1) is 71.0. The van der Waals surface area contributed by atoms with Crippen LogP contribution in [-0.4, -0.2) is 221 Å². The summed E-state index contributed by atoms with van der Waals surface area (Å²) < 4.78 is 218. The number of fused-ring (bicyclic) bond motifs is 2. The fraction of sp³-hybridized carbons (Fsp3) is 0.413. The molecule has 7 aromatic heterocycles. The minimum Gasteiger partial charge on any atom is -0.488 e. The second-order valence-electron chi connectivity index (χ2n) is 36.7. The number of pyridine rings is 5. The number of carboxylic acids is 1. The Hall–Kier alpha value is -14.3. The first kappa shape index (κ1) is 104. The lowest BCUT2D eigenvalue weighted by Gasteiger charge is -2.29. The zero-order valence-electron chi connectivity index (χ0n) is 79.7. The number of imidazole rings is 2. The van der Waals surface area contributed by atoms with E-state index >= 15 is 0 Å². The molecule has 16 heterocycles. The van der Waals surface area contributed by atoms with Gasteiger partial charge in [0, 0.05) is 130 Å². The maximum absolute atomic E-state index is 14.7. The lowest BCUT2D eigenvalue weighted by molar-refractivity contribution is -0.389. The number of aromatic carboxylic acids is 1. The number of carbonyl (C=O) groups excluding carboxylic acids is 1. The fourth-order valence-corrected chi connectivity index (χ4v) is 19.6. The summed E-state index contributed by atoms with van der Waals surface area (Å²) in [6.07, 6.45) is 10.9. The molecule has 15 atom stereocenters. The van der Waals surface area contributed by atoms with Crippen LogP contribution >= 0.6 is 0 Å². The SMILES string of the molecule is CCOC(=O)c1cnc2ccc(N3C[C@@H](F)C[C@@H]3c3cc(F)ccc3O[C@@H]3CCOC3)cn12.Fc1ccc(O[C@H]2CCOC2)c(C2CC[C@H](F)C2)c1.Nc1ccc(N2C[C@@H](F)CC2c2cc(F)ccc2O[C@@H]2CCOC2)cn1.O=C(O)c1cnc2ccc(N3C[C@@H](F)C[C@@H]3c3cc(F)ccc3O[C@@H]3CCOC3)cn12.O=[N+]([O-])c1ccc(F)cn1.O=[N+]([O-])c1ccc(N2C[C@@H](F)CC2c2cc(F)ccc2O[C@@H]2CCOC2)cn1. The molecule has 1 saturated carbocycles. The van der Waals surface area contributed by atoms with Gasteiger partial charge in [0.15, 0.2) is 29.6 Å². The number of nitro groups is 2. The molecule has 0 bridgehead atoms. The molecule has 3 unspecified atom stereocenters. The van der Waals surface area contributed by atoms with Gasteiger partial charge < -0.3 is 103 Å². The van der Waals surface area contributed by atoms with E-state index < -0.39 is 94.0 Å². The van der Waals surface area contributed by atoms with E-state index in [1.165, 1.54) is 95.8 Å². The van der Waals surface area contributed by atoms with Crippen molar-refractivity contribution in [2.24, 2.45) is 0 Å². The molecule has 0 amide bonds. The standard InChI is InChI=1S/C24H25F2N3O4.C22H21F2N3O4.C19H19F2N3O4.C19H21F2N3O2.C15H18F2O2.C5H3FN2O2/c1-2-32-24(30)21-11-27-23-6-4-17(13-29(21)23)28-12-16(26)10-20(28)19-9-15(25)3-5-22(19)33-18-7-8-31-14-18;23-13-1-3-20(31-16-5-6-30-12-16)17(7-13)18-8-14(24)10-26(18)15-2-4-21-25-9-19(22(28)29)27(21)11-15;20-12-1-3-18(28-15-5-6-27-11-15)16(7-12)17-8-13(21)10-23(17)14-2-4-19(22-9-14)24(25)26;20-12-1-3-18(26-15-5-6-25-11-15)16(7-12)17-8-13(21)10-24(17)14-2-4-19(22)23-9-14;16-11-2-1-10(7-11)14-8-12(17)3-4-15(14)19-13-5-6-18-9-13;6-4-1-2-5(7-3-4)8(9)10/h3-6,9,11,13,16,18,20H,2,7-8,10,12,14H2,1H3;1-4,7,9,11,14,16,18H,5-6,8,10,12H2,(H,28,29);1-4,7,9,13,15,17H,5-6,8,10-11H2;1-4,7,9,13,15,17H,5-6,8,10-11H2,(H2,22,23);3-4,8,10-11,13H,1-2,5-7,9H2;1-3H/t16-,18+,20+;14-,16+,18+;2*13-,15+,17?;10?,11-,13-;/m00000./s1. The Kier molecular flexibility index (Phi) is 33.9. The van der Waals surface area contributed by atoms with Crippen LogP contribution in [0.2, 0.25) is 0 Å². The third-order valence-electron chi connectivity index (χ3n) is 26.6. The summed E-state index contributed by atoms with van der Waals surface area (Å²) in [6.45, 7) is 8.24. The highest BCUT2D eigenvalue weighted by atomic mass is 19.2. The average molecular weight is 2050 g/mol. The van der Waals surface area contributed by atoms with E-state index in [2.05, 4.69) is 24.9 Å². The van der Waals surface area contributed by atoms with Crippen molar-refractivity contribution in [3.63, 3.8) is 0 Å². The molecule has 10 fully saturated rings. The van der Waals surface area contributed by atoms with Crippen LogP contribution in [0.4, 0.5) is 88.5 Å². The molecule has 0 spiro atoms. The first-order valence-corrected chi connectivity index (χ1v) is 48.4. The predicted octanol–water partition coefficient (Wildman–Crippen LogP) is 19.3.